The molecule has 2 aliphatic carbocycles. The van der Waals surface area contributed by atoms with Crippen LogP contribution < -0.4 is 0 Å². The Morgan fingerprint density at radius 3 is 1.66 bits per heavy atom. The Kier molecular flexibility index (Phi) is 5.11. The minimum Gasteiger partial charge on any atom is -0.309 e. The number of para-hydroxylation sites is 2. The van der Waals surface area contributed by atoms with E-state index in [1.165, 1.54) is 110 Å². The number of nitrogens with zero attached hydrogens (tertiary/aromatic N) is 2. The van der Waals surface area contributed by atoms with E-state index in [1.807, 2.05) is 0 Å². The van der Waals surface area contributed by atoms with E-state index in [0.717, 1.165) is 12.8 Å². The Morgan fingerprint density at radius 2 is 0.860 bits per heavy atom. The molecule has 2 nitrogen and oxygen atoms in total. The van der Waals surface area contributed by atoms with Crippen LogP contribution in [0.5, 0.6) is 0 Å². The molecule has 2 heterocycles. The lowest BCUT2D eigenvalue weighted by atomic mass is 9.85. The highest BCUT2D eigenvalue weighted by molar-refractivity contribution is 6.29. The standard InChI is InChI=1S/C48H30N2/c1-2-11-33-29(10-1)20-21-30-26-41-36-14-5-7-18-43(36)49(45(41)27-40(30)33)31-22-24-32(25-23-31)50-44-19-8-6-15-38(44)48-39-17-9-16-37-34-12-3-4-13-35(34)42(47(37)39)28-46(48)50/h1-19,22-28H,20-21H2. The zero-order valence-corrected chi connectivity index (χ0v) is 27.3. The van der Waals surface area contributed by atoms with E-state index in [4.69, 9.17) is 0 Å². The summed E-state index contributed by atoms with van der Waals surface area (Å²) in [6.07, 6.45) is 2.18. The minimum atomic E-state index is 1.08. The molecule has 0 saturated heterocycles. The number of fused-ring (bicyclic) bond motifs is 13. The number of hydrogen-bond acceptors (Lipinski definition) is 0. The predicted molar refractivity (Wildman–Crippen MR) is 210 cm³/mol. The second-order valence-corrected chi connectivity index (χ2v) is 14.0. The Labute approximate surface area is 289 Å². The average molecular weight is 635 g/mol. The molecule has 0 atom stereocenters. The smallest absolute Gasteiger partial charge is 0.0553 e. The molecule has 0 saturated carbocycles. The van der Waals surface area contributed by atoms with Gasteiger partial charge in [0.15, 0.2) is 0 Å². The van der Waals surface area contributed by atoms with E-state index in [0.29, 0.717) is 0 Å². The van der Waals surface area contributed by atoms with Gasteiger partial charge in [0.2, 0.25) is 0 Å². The Morgan fingerprint density at radius 1 is 0.300 bits per heavy atom. The van der Waals surface area contributed by atoms with Crippen molar-refractivity contribution in [1.82, 2.24) is 9.13 Å². The number of benzene rings is 8. The predicted octanol–water partition coefficient (Wildman–Crippen LogP) is 12.4. The fraction of sp³-hybridized carbons (Fsp3) is 0.0417. The van der Waals surface area contributed by atoms with Gasteiger partial charge in [0, 0.05) is 32.9 Å². The van der Waals surface area contributed by atoms with Crippen molar-refractivity contribution in [2.75, 3.05) is 0 Å². The molecule has 0 bridgehead atoms. The summed E-state index contributed by atoms with van der Waals surface area (Å²) in [6.45, 7) is 0. The third-order valence-electron chi connectivity index (χ3n) is 11.5. The van der Waals surface area contributed by atoms with Gasteiger partial charge in [-0.05, 0) is 123 Å². The van der Waals surface area contributed by atoms with Gasteiger partial charge in [-0.1, -0.05) is 103 Å². The molecular formula is C48H30N2. The second-order valence-electron chi connectivity index (χ2n) is 14.0. The molecule has 232 valence electrons. The van der Waals surface area contributed by atoms with Crippen molar-refractivity contribution >= 4 is 54.4 Å². The lowest BCUT2D eigenvalue weighted by molar-refractivity contribution is 0.944. The maximum absolute atomic E-state index is 2.47. The summed E-state index contributed by atoms with van der Waals surface area (Å²) in [7, 11) is 0. The molecule has 0 N–H and O–H groups in total. The van der Waals surface area contributed by atoms with E-state index < -0.39 is 0 Å². The van der Waals surface area contributed by atoms with E-state index in [-0.39, 0.29) is 0 Å². The van der Waals surface area contributed by atoms with Crippen molar-refractivity contribution in [3.05, 3.63) is 169 Å². The number of rotatable bonds is 2. The first kappa shape index (κ1) is 26.6. The van der Waals surface area contributed by atoms with Gasteiger partial charge >= 0.3 is 0 Å². The molecule has 0 amide bonds. The van der Waals surface area contributed by atoms with Crippen molar-refractivity contribution in [3.8, 4) is 44.8 Å². The summed E-state index contributed by atoms with van der Waals surface area (Å²) in [4.78, 5) is 0. The van der Waals surface area contributed by atoms with E-state index >= 15 is 0 Å². The van der Waals surface area contributed by atoms with Crippen molar-refractivity contribution in [3.63, 3.8) is 0 Å². The number of hydrogen-bond donors (Lipinski definition) is 0. The largest absolute Gasteiger partial charge is 0.309 e. The van der Waals surface area contributed by atoms with Crippen LogP contribution in [0.25, 0.3) is 99.1 Å². The van der Waals surface area contributed by atoms with Crippen LogP contribution in [-0.4, -0.2) is 9.13 Å². The SMILES string of the molecule is c1ccc2c(c1)CCc1cc3c4ccccc4n(-c4ccc(-n5c6ccccc6c6c7cccc8c7c(cc65)-c5ccccc5-8)cc4)c3cc1-2. The van der Waals surface area contributed by atoms with Gasteiger partial charge in [-0.15, -0.1) is 0 Å². The monoisotopic (exact) mass is 634 g/mol. The fourth-order valence-electron chi connectivity index (χ4n) is 9.42. The molecule has 0 fully saturated rings. The van der Waals surface area contributed by atoms with Crippen LogP contribution in [0, 0.1) is 0 Å². The molecule has 0 radical (unpaired) electrons. The third kappa shape index (κ3) is 3.38. The molecular weight excluding hydrogens is 605 g/mol. The van der Waals surface area contributed by atoms with Gasteiger partial charge < -0.3 is 9.13 Å². The van der Waals surface area contributed by atoms with Crippen LogP contribution in [0.4, 0.5) is 0 Å². The van der Waals surface area contributed by atoms with Gasteiger partial charge in [0.05, 0.1) is 22.1 Å². The number of aromatic nitrogens is 2. The zero-order valence-electron chi connectivity index (χ0n) is 27.3. The topological polar surface area (TPSA) is 9.86 Å². The molecule has 0 spiro atoms. The summed E-state index contributed by atoms with van der Waals surface area (Å²) in [5.41, 5.74) is 18.3. The molecule has 2 aromatic heterocycles. The highest BCUT2D eigenvalue weighted by atomic mass is 15.0. The summed E-state index contributed by atoms with van der Waals surface area (Å²) >= 11 is 0. The molecule has 8 aromatic carbocycles. The summed E-state index contributed by atoms with van der Waals surface area (Å²) in [6, 6.07) is 59.0. The van der Waals surface area contributed by atoms with E-state index in [9.17, 15) is 0 Å². The van der Waals surface area contributed by atoms with Crippen LogP contribution in [0.2, 0.25) is 0 Å². The highest BCUT2D eigenvalue weighted by Crippen LogP contribution is 2.51. The van der Waals surface area contributed by atoms with Crippen molar-refractivity contribution < 1.29 is 0 Å². The van der Waals surface area contributed by atoms with Gasteiger partial charge in [-0.3, -0.25) is 0 Å². The van der Waals surface area contributed by atoms with Gasteiger partial charge in [-0.2, -0.15) is 0 Å². The zero-order chi connectivity index (χ0) is 32.5. The minimum absolute atomic E-state index is 1.08. The maximum atomic E-state index is 2.47. The molecule has 10 aromatic rings. The lowest BCUT2D eigenvalue weighted by Gasteiger charge is -2.20. The maximum Gasteiger partial charge on any atom is 0.0553 e. The van der Waals surface area contributed by atoms with Crippen molar-refractivity contribution in [2.24, 2.45) is 0 Å². The molecule has 2 aliphatic rings. The van der Waals surface area contributed by atoms with Crippen molar-refractivity contribution in [1.29, 1.82) is 0 Å². The molecule has 50 heavy (non-hydrogen) atoms. The number of aryl methyl sites for hydroxylation is 2. The van der Waals surface area contributed by atoms with Gasteiger partial charge in [0.25, 0.3) is 0 Å². The first-order valence-corrected chi connectivity index (χ1v) is 17.7. The lowest BCUT2D eigenvalue weighted by Crippen LogP contribution is -2.04. The van der Waals surface area contributed by atoms with Crippen LogP contribution in [0.15, 0.2) is 158 Å². The summed E-state index contributed by atoms with van der Waals surface area (Å²) in [5, 5.41) is 7.95. The Bertz CT molecular complexity index is 3080. The van der Waals surface area contributed by atoms with Crippen LogP contribution in [0.1, 0.15) is 11.1 Å². The molecule has 2 heteroatoms. The van der Waals surface area contributed by atoms with Gasteiger partial charge in [0.1, 0.15) is 0 Å². The highest BCUT2D eigenvalue weighted by Gasteiger charge is 2.25. The quantitative estimate of drug-likeness (QED) is 0.179. The van der Waals surface area contributed by atoms with E-state index in [2.05, 4.69) is 167 Å². The van der Waals surface area contributed by atoms with E-state index in [1.54, 1.807) is 0 Å². The average Bonchev–Trinajstić information content (AvgIpc) is 3.81. The first-order valence-electron chi connectivity index (χ1n) is 17.7. The Hall–Kier alpha value is -6.38. The molecule has 12 rings (SSSR count). The van der Waals surface area contributed by atoms with Crippen LogP contribution in [0.3, 0.4) is 0 Å². The van der Waals surface area contributed by atoms with Crippen LogP contribution >= 0.6 is 0 Å². The van der Waals surface area contributed by atoms with Gasteiger partial charge in [-0.25, -0.2) is 0 Å². The molecule has 0 unspecified atom stereocenters. The third-order valence-corrected chi connectivity index (χ3v) is 11.5. The fourth-order valence-corrected chi connectivity index (χ4v) is 9.42. The van der Waals surface area contributed by atoms with Crippen molar-refractivity contribution in [2.45, 2.75) is 12.8 Å². The second kappa shape index (κ2) is 9.62. The molecule has 0 aliphatic heterocycles. The Balaban J connectivity index is 1.09. The first-order chi connectivity index (χ1) is 24.8. The van der Waals surface area contributed by atoms with Crippen LogP contribution in [-0.2, 0) is 12.8 Å². The normalized spacial score (nSPS) is 13.0. The summed E-state index contributed by atoms with van der Waals surface area (Å²) in [5.74, 6) is 0. The summed E-state index contributed by atoms with van der Waals surface area (Å²) < 4.78 is 4.93.